The number of para-hydroxylation sites is 1. The zero-order chi connectivity index (χ0) is 29.5. The Labute approximate surface area is 260 Å². The summed E-state index contributed by atoms with van der Waals surface area (Å²) in [6.45, 7) is 4.94. The molecule has 0 N–H and O–H groups in total. The Morgan fingerprint density at radius 1 is 0.477 bits per heavy atom. The molecule has 1 heteroatoms. The molecule has 0 radical (unpaired) electrons. The van der Waals surface area contributed by atoms with Crippen molar-refractivity contribution in [3.05, 3.63) is 179 Å². The predicted molar refractivity (Wildman–Crippen MR) is 183 cm³/mol. The van der Waals surface area contributed by atoms with Crippen LogP contribution in [0.3, 0.4) is 0 Å². The highest BCUT2D eigenvalue weighted by atomic mass is 15.3. The molecule has 0 amide bonds. The molecule has 2 atom stereocenters. The highest BCUT2D eigenvalue weighted by Gasteiger charge is 2.63. The number of anilines is 2. The van der Waals surface area contributed by atoms with Gasteiger partial charge in [0.1, 0.15) is 0 Å². The van der Waals surface area contributed by atoms with Crippen molar-refractivity contribution in [2.75, 3.05) is 4.90 Å². The minimum absolute atomic E-state index is 0.0944. The van der Waals surface area contributed by atoms with Crippen LogP contribution in [0.15, 0.2) is 152 Å². The Balaban J connectivity index is 1.24. The molecule has 0 bridgehead atoms. The SMILES string of the molecule is CC12CCC1(C)N(c1ccccc1)c1ccc(-c3ccc4c(c3)-c3ccccc3C4(c3ccccc3)c3ccccc3)cc12. The molecule has 1 nitrogen and oxygen atoms in total. The number of nitrogens with zero attached hydrogens (tertiary/aromatic N) is 1. The first-order valence-corrected chi connectivity index (χ1v) is 15.9. The summed E-state index contributed by atoms with van der Waals surface area (Å²) in [6, 6.07) is 56.5. The van der Waals surface area contributed by atoms with Gasteiger partial charge in [-0.2, -0.15) is 0 Å². The maximum absolute atomic E-state index is 2.61. The maximum atomic E-state index is 2.61. The van der Waals surface area contributed by atoms with Crippen molar-refractivity contribution in [3.8, 4) is 22.3 Å². The van der Waals surface area contributed by atoms with Gasteiger partial charge in [0.25, 0.3) is 0 Å². The third kappa shape index (κ3) is 3.14. The van der Waals surface area contributed by atoms with Crippen LogP contribution in [0.5, 0.6) is 0 Å². The lowest BCUT2D eigenvalue weighted by Gasteiger charge is -2.56. The normalized spacial score (nSPS) is 22.0. The lowest BCUT2D eigenvalue weighted by Crippen LogP contribution is -2.60. The van der Waals surface area contributed by atoms with Crippen molar-refractivity contribution in [1.29, 1.82) is 0 Å². The molecule has 9 rings (SSSR count). The average molecular weight is 566 g/mol. The zero-order valence-corrected chi connectivity index (χ0v) is 25.3. The van der Waals surface area contributed by atoms with Gasteiger partial charge < -0.3 is 4.90 Å². The lowest BCUT2D eigenvalue weighted by molar-refractivity contribution is 0.133. The number of fused-ring (bicyclic) bond motifs is 6. The summed E-state index contributed by atoms with van der Waals surface area (Å²) < 4.78 is 0. The van der Waals surface area contributed by atoms with Gasteiger partial charge in [-0.25, -0.2) is 0 Å². The van der Waals surface area contributed by atoms with Gasteiger partial charge in [-0.05, 0) is 100 Å². The summed E-state index contributed by atoms with van der Waals surface area (Å²) >= 11 is 0. The van der Waals surface area contributed by atoms with Crippen molar-refractivity contribution in [1.82, 2.24) is 0 Å². The number of hydrogen-bond donors (Lipinski definition) is 0. The van der Waals surface area contributed by atoms with Gasteiger partial charge in [-0.3, -0.25) is 0 Å². The van der Waals surface area contributed by atoms with E-state index >= 15 is 0 Å². The van der Waals surface area contributed by atoms with E-state index in [1.807, 2.05) is 0 Å². The minimum atomic E-state index is -0.359. The summed E-state index contributed by atoms with van der Waals surface area (Å²) in [6.07, 6.45) is 2.43. The van der Waals surface area contributed by atoms with Crippen LogP contribution in [0.25, 0.3) is 22.3 Å². The largest absolute Gasteiger partial charge is 0.334 e. The van der Waals surface area contributed by atoms with Crippen LogP contribution < -0.4 is 4.90 Å². The second-order valence-corrected chi connectivity index (χ2v) is 13.3. The van der Waals surface area contributed by atoms with Crippen molar-refractivity contribution in [3.63, 3.8) is 0 Å². The third-order valence-electron chi connectivity index (χ3n) is 11.4. The Hall–Kier alpha value is -4.88. The van der Waals surface area contributed by atoms with Crippen molar-refractivity contribution < 1.29 is 0 Å². The fourth-order valence-electron chi connectivity index (χ4n) is 8.89. The van der Waals surface area contributed by atoms with Gasteiger partial charge in [0.2, 0.25) is 0 Å². The molecule has 1 aliphatic heterocycles. The molecular weight excluding hydrogens is 530 g/mol. The zero-order valence-electron chi connectivity index (χ0n) is 25.3. The fraction of sp³-hybridized carbons (Fsp3) is 0.163. The van der Waals surface area contributed by atoms with Crippen LogP contribution >= 0.6 is 0 Å². The van der Waals surface area contributed by atoms with Gasteiger partial charge in [0.15, 0.2) is 0 Å². The Bertz CT molecular complexity index is 2000. The standard InChI is InChI=1S/C43H35N/c1-41-26-27-42(41,2)44(34-18-10-5-11-19-34)40-25-23-31(29-39(40)41)30-22-24-38-36(28-30)35-20-12-13-21-37(35)43(38,32-14-6-3-7-15-32)33-16-8-4-9-17-33/h3-25,28-29H,26-27H2,1-2H3. The fourth-order valence-corrected chi connectivity index (χ4v) is 8.89. The van der Waals surface area contributed by atoms with Gasteiger partial charge in [0, 0.05) is 16.8 Å². The summed E-state index contributed by atoms with van der Waals surface area (Å²) in [5, 5.41) is 0. The van der Waals surface area contributed by atoms with Gasteiger partial charge >= 0.3 is 0 Å². The van der Waals surface area contributed by atoms with Crippen molar-refractivity contribution in [2.24, 2.45) is 0 Å². The van der Waals surface area contributed by atoms with E-state index in [-0.39, 0.29) is 16.4 Å². The molecule has 44 heavy (non-hydrogen) atoms. The molecule has 6 aromatic rings. The summed E-state index contributed by atoms with van der Waals surface area (Å²) in [4.78, 5) is 2.61. The average Bonchev–Trinajstić information content (AvgIpc) is 3.45. The van der Waals surface area contributed by atoms with Crippen LogP contribution in [-0.4, -0.2) is 5.54 Å². The number of rotatable bonds is 4. The molecule has 1 saturated carbocycles. The highest BCUT2D eigenvalue weighted by Crippen LogP contribution is 2.65. The molecule has 0 aromatic heterocycles. The van der Waals surface area contributed by atoms with Gasteiger partial charge in [-0.15, -0.1) is 0 Å². The first-order valence-electron chi connectivity index (χ1n) is 15.9. The van der Waals surface area contributed by atoms with Crippen LogP contribution in [0.1, 0.15) is 54.5 Å². The predicted octanol–water partition coefficient (Wildman–Crippen LogP) is 10.7. The Morgan fingerprint density at radius 2 is 1.05 bits per heavy atom. The molecule has 3 aliphatic rings. The first-order chi connectivity index (χ1) is 21.6. The van der Waals surface area contributed by atoms with Crippen molar-refractivity contribution in [2.45, 2.75) is 43.1 Å². The molecule has 0 saturated heterocycles. The molecule has 1 fully saturated rings. The van der Waals surface area contributed by atoms with Crippen LogP contribution in [0.4, 0.5) is 11.4 Å². The Morgan fingerprint density at radius 3 is 1.70 bits per heavy atom. The van der Waals surface area contributed by atoms with Crippen molar-refractivity contribution >= 4 is 11.4 Å². The van der Waals surface area contributed by atoms with E-state index < -0.39 is 0 Å². The van der Waals surface area contributed by atoms with E-state index in [9.17, 15) is 0 Å². The molecule has 2 unspecified atom stereocenters. The lowest BCUT2D eigenvalue weighted by atomic mass is 9.55. The minimum Gasteiger partial charge on any atom is -0.334 e. The highest BCUT2D eigenvalue weighted by molar-refractivity contribution is 5.89. The van der Waals surface area contributed by atoms with Gasteiger partial charge in [0.05, 0.1) is 11.0 Å². The van der Waals surface area contributed by atoms with E-state index in [4.69, 9.17) is 0 Å². The van der Waals surface area contributed by atoms with E-state index in [0.717, 1.165) is 0 Å². The summed E-state index contributed by atoms with van der Waals surface area (Å²) in [7, 11) is 0. The molecule has 212 valence electrons. The second kappa shape index (κ2) is 9.07. The van der Waals surface area contributed by atoms with Gasteiger partial charge in [-0.1, -0.05) is 128 Å². The second-order valence-electron chi connectivity index (χ2n) is 13.3. The van der Waals surface area contributed by atoms with E-state index in [1.165, 1.54) is 74.3 Å². The third-order valence-corrected chi connectivity index (χ3v) is 11.4. The summed E-state index contributed by atoms with van der Waals surface area (Å²) in [5.41, 5.74) is 14.6. The first kappa shape index (κ1) is 25.6. The van der Waals surface area contributed by atoms with E-state index in [2.05, 4.69) is 170 Å². The Kier molecular flexibility index (Phi) is 5.27. The molecular formula is C43H35N. The molecule has 1 heterocycles. The smallest absolute Gasteiger partial charge is 0.0713 e. The van der Waals surface area contributed by atoms with Crippen LogP contribution in [0.2, 0.25) is 0 Å². The van der Waals surface area contributed by atoms with Crippen LogP contribution in [-0.2, 0) is 10.8 Å². The molecule has 0 spiro atoms. The topological polar surface area (TPSA) is 3.24 Å². The maximum Gasteiger partial charge on any atom is 0.0713 e. The number of benzene rings is 6. The summed E-state index contributed by atoms with van der Waals surface area (Å²) in [5.74, 6) is 0. The van der Waals surface area contributed by atoms with E-state index in [1.54, 1.807) is 0 Å². The molecule has 6 aromatic carbocycles. The van der Waals surface area contributed by atoms with Crippen LogP contribution in [0, 0.1) is 0 Å². The molecule has 2 aliphatic carbocycles. The monoisotopic (exact) mass is 565 g/mol. The number of hydrogen-bond acceptors (Lipinski definition) is 1. The quantitative estimate of drug-likeness (QED) is 0.205. The van der Waals surface area contributed by atoms with E-state index in [0.29, 0.717) is 0 Å².